The molecule has 1 fully saturated rings. The Morgan fingerprint density at radius 3 is 2.70 bits per heavy atom. The average Bonchev–Trinajstić information content (AvgIpc) is 2.53. The van der Waals surface area contributed by atoms with E-state index in [4.69, 9.17) is 14.2 Å². The molecule has 1 aliphatic rings. The molecule has 1 N–H and O–H groups in total. The predicted octanol–water partition coefficient (Wildman–Crippen LogP) is 3.23. The Labute approximate surface area is 136 Å². The Balaban J connectivity index is 2.31. The fraction of sp³-hybridized carbons (Fsp3) is 0.389. The SMILES string of the molecule is CO/C(O)=C1\C(=O)OC(COC(C)C)CC1=Cc1ccccc1. The molecule has 124 valence electrons. The number of ether oxygens (including phenoxy) is 3. The van der Waals surface area contributed by atoms with Crippen LogP contribution < -0.4 is 0 Å². The summed E-state index contributed by atoms with van der Waals surface area (Å²) in [6.07, 6.45) is 1.98. The molecule has 0 aromatic heterocycles. The van der Waals surface area contributed by atoms with Crippen LogP contribution in [0.1, 0.15) is 25.8 Å². The maximum absolute atomic E-state index is 12.2. The maximum atomic E-state index is 12.2. The Kier molecular flexibility index (Phi) is 5.82. The molecule has 0 saturated carbocycles. The van der Waals surface area contributed by atoms with Crippen LogP contribution in [0.3, 0.4) is 0 Å². The summed E-state index contributed by atoms with van der Waals surface area (Å²) in [5.74, 6) is -1.03. The first-order valence-electron chi connectivity index (χ1n) is 7.57. The van der Waals surface area contributed by atoms with E-state index in [9.17, 15) is 9.90 Å². The lowest BCUT2D eigenvalue weighted by Gasteiger charge is -2.27. The van der Waals surface area contributed by atoms with Crippen LogP contribution in [-0.4, -0.2) is 37.0 Å². The quantitative estimate of drug-likeness (QED) is 0.513. The van der Waals surface area contributed by atoms with Gasteiger partial charge in [0.15, 0.2) is 0 Å². The van der Waals surface area contributed by atoms with E-state index in [2.05, 4.69) is 0 Å². The van der Waals surface area contributed by atoms with Crippen LogP contribution in [-0.2, 0) is 19.0 Å². The Hall–Kier alpha value is -2.27. The molecule has 0 aliphatic carbocycles. The van der Waals surface area contributed by atoms with Gasteiger partial charge in [-0.25, -0.2) is 4.79 Å². The Bertz CT molecular complexity index is 601. The molecule has 2 rings (SSSR count). The van der Waals surface area contributed by atoms with Crippen molar-refractivity contribution in [1.29, 1.82) is 0 Å². The van der Waals surface area contributed by atoms with E-state index < -0.39 is 11.9 Å². The largest absolute Gasteiger partial charge is 0.480 e. The smallest absolute Gasteiger partial charge is 0.346 e. The zero-order valence-corrected chi connectivity index (χ0v) is 13.6. The molecule has 1 heterocycles. The number of methoxy groups -OCH3 is 1. The molecular formula is C18H22O5. The highest BCUT2D eigenvalue weighted by atomic mass is 16.6. The third-order valence-corrected chi connectivity index (χ3v) is 3.41. The second-order valence-electron chi connectivity index (χ2n) is 5.58. The minimum Gasteiger partial charge on any atom is -0.480 e. The summed E-state index contributed by atoms with van der Waals surface area (Å²) in [4.78, 5) is 12.2. The molecule has 1 aliphatic heterocycles. The first-order chi connectivity index (χ1) is 11.0. The van der Waals surface area contributed by atoms with Crippen molar-refractivity contribution in [3.8, 4) is 0 Å². The second kappa shape index (κ2) is 7.83. The molecule has 0 amide bonds. The lowest BCUT2D eigenvalue weighted by molar-refractivity contribution is -0.150. The third kappa shape index (κ3) is 4.60. The number of carbonyl (C=O) groups excluding carboxylic acids is 1. The summed E-state index contributed by atoms with van der Waals surface area (Å²) in [6, 6.07) is 9.58. The van der Waals surface area contributed by atoms with Crippen molar-refractivity contribution >= 4 is 12.0 Å². The summed E-state index contributed by atoms with van der Waals surface area (Å²) < 4.78 is 15.7. The number of rotatable bonds is 5. The van der Waals surface area contributed by atoms with Gasteiger partial charge in [0.05, 0.1) is 19.8 Å². The molecule has 5 nitrogen and oxygen atoms in total. The van der Waals surface area contributed by atoms with Gasteiger partial charge in [-0.2, -0.15) is 0 Å². The van der Waals surface area contributed by atoms with Crippen molar-refractivity contribution in [3.05, 3.63) is 53.0 Å². The molecule has 0 bridgehead atoms. The van der Waals surface area contributed by atoms with Crippen LogP contribution >= 0.6 is 0 Å². The van der Waals surface area contributed by atoms with E-state index >= 15 is 0 Å². The van der Waals surface area contributed by atoms with E-state index in [0.717, 1.165) is 5.56 Å². The first kappa shape index (κ1) is 17.1. The zero-order chi connectivity index (χ0) is 16.8. The van der Waals surface area contributed by atoms with Crippen LogP contribution in [0.25, 0.3) is 6.08 Å². The van der Waals surface area contributed by atoms with Gasteiger partial charge < -0.3 is 19.3 Å². The van der Waals surface area contributed by atoms with Gasteiger partial charge in [0.25, 0.3) is 5.95 Å². The monoisotopic (exact) mass is 318 g/mol. The molecule has 1 saturated heterocycles. The molecule has 23 heavy (non-hydrogen) atoms. The summed E-state index contributed by atoms with van der Waals surface area (Å²) in [7, 11) is 1.31. The molecule has 0 radical (unpaired) electrons. The summed E-state index contributed by atoms with van der Waals surface area (Å²) in [6.45, 7) is 4.16. The van der Waals surface area contributed by atoms with Gasteiger partial charge in [0, 0.05) is 6.42 Å². The summed E-state index contributed by atoms with van der Waals surface area (Å²) in [5, 5.41) is 9.89. The fourth-order valence-corrected chi connectivity index (χ4v) is 2.33. The number of carbonyl (C=O) groups is 1. The van der Waals surface area contributed by atoms with Crippen molar-refractivity contribution in [3.63, 3.8) is 0 Å². The van der Waals surface area contributed by atoms with E-state index in [1.165, 1.54) is 7.11 Å². The molecule has 1 atom stereocenters. The first-order valence-corrected chi connectivity index (χ1v) is 7.57. The van der Waals surface area contributed by atoms with Gasteiger partial charge in [-0.05, 0) is 25.0 Å². The normalized spacial score (nSPS) is 22.2. The van der Waals surface area contributed by atoms with E-state index in [1.807, 2.05) is 50.3 Å². The van der Waals surface area contributed by atoms with Gasteiger partial charge in [0.2, 0.25) is 0 Å². The number of hydrogen-bond donors (Lipinski definition) is 1. The van der Waals surface area contributed by atoms with Crippen molar-refractivity contribution in [2.24, 2.45) is 0 Å². The van der Waals surface area contributed by atoms with Gasteiger partial charge in [0.1, 0.15) is 11.7 Å². The van der Waals surface area contributed by atoms with Gasteiger partial charge in [-0.1, -0.05) is 36.4 Å². The highest BCUT2D eigenvalue weighted by Gasteiger charge is 2.33. The number of hydrogen-bond acceptors (Lipinski definition) is 5. The Morgan fingerprint density at radius 1 is 1.39 bits per heavy atom. The lowest BCUT2D eigenvalue weighted by Crippen LogP contribution is -2.32. The van der Waals surface area contributed by atoms with Crippen LogP contribution in [0.15, 0.2) is 47.4 Å². The van der Waals surface area contributed by atoms with E-state index in [0.29, 0.717) is 18.6 Å². The zero-order valence-electron chi connectivity index (χ0n) is 13.6. The number of esters is 1. The maximum Gasteiger partial charge on any atom is 0.346 e. The van der Waals surface area contributed by atoms with Crippen molar-refractivity contribution in [2.45, 2.75) is 32.5 Å². The number of benzene rings is 1. The van der Waals surface area contributed by atoms with Gasteiger partial charge in [-0.15, -0.1) is 0 Å². The lowest BCUT2D eigenvalue weighted by atomic mass is 9.95. The summed E-state index contributed by atoms with van der Waals surface area (Å²) in [5.41, 5.74) is 1.67. The molecular weight excluding hydrogens is 296 g/mol. The second-order valence-corrected chi connectivity index (χ2v) is 5.58. The van der Waals surface area contributed by atoms with Crippen LogP contribution in [0.5, 0.6) is 0 Å². The number of aliphatic hydroxyl groups is 1. The molecule has 0 spiro atoms. The molecule has 1 aromatic carbocycles. The van der Waals surface area contributed by atoms with Crippen LogP contribution in [0.2, 0.25) is 0 Å². The molecule has 5 heteroatoms. The third-order valence-electron chi connectivity index (χ3n) is 3.41. The average molecular weight is 318 g/mol. The number of cyclic esters (lactones) is 1. The standard InChI is InChI=1S/C18H22O5/c1-12(2)22-11-15-10-14(9-13-7-5-4-6-8-13)16(17(19)21-3)18(20)23-15/h4-9,12,15,19H,10-11H2,1-3H3/b14-9?,17-16-. The summed E-state index contributed by atoms with van der Waals surface area (Å²) >= 11 is 0. The minimum absolute atomic E-state index is 0.0552. The minimum atomic E-state index is -0.602. The van der Waals surface area contributed by atoms with Crippen LogP contribution in [0.4, 0.5) is 0 Å². The molecule has 1 aromatic rings. The van der Waals surface area contributed by atoms with E-state index in [-0.39, 0.29) is 17.8 Å². The highest BCUT2D eigenvalue weighted by Crippen LogP contribution is 2.30. The van der Waals surface area contributed by atoms with Gasteiger partial charge >= 0.3 is 5.97 Å². The fourth-order valence-electron chi connectivity index (χ4n) is 2.33. The van der Waals surface area contributed by atoms with E-state index in [1.54, 1.807) is 0 Å². The predicted molar refractivity (Wildman–Crippen MR) is 86.7 cm³/mol. The van der Waals surface area contributed by atoms with Crippen LogP contribution in [0, 0.1) is 0 Å². The topological polar surface area (TPSA) is 65.0 Å². The van der Waals surface area contributed by atoms with Gasteiger partial charge in [-0.3, -0.25) is 0 Å². The number of aliphatic hydroxyl groups excluding tert-OH is 1. The molecule has 1 unspecified atom stereocenters. The van der Waals surface area contributed by atoms with Crippen molar-refractivity contribution < 1.29 is 24.1 Å². The van der Waals surface area contributed by atoms with Crippen molar-refractivity contribution in [2.75, 3.05) is 13.7 Å². The van der Waals surface area contributed by atoms with Crippen molar-refractivity contribution in [1.82, 2.24) is 0 Å². The highest BCUT2D eigenvalue weighted by molar-refractivity contribution is 5.96. The Morgan fingerprint density at radius 2 is 2.09 bits per heavy atom.